The minimum absolute atomic E-state index is 0.00952. The number of piperazine rings is 1. The molecule has 3 aliphatic rings. The average Bonchev–Trinajstić information content (AvgIpc) is 3.14. The molecule has 1 aromatic rings. The number of hydrogen-bond donors (Lipinski definition) is 1. The third kappa shape index (κ3) is 3.50. The lowest BCUT2D eigenvalue weighted by Gasteiger charge is -2.40. The smallest absolute Gasteiger partial charge is 0.257 e. The molecule has 0 radical (unpaired) electrons. The van der Waals surface area contributed by atoms with Gasteiger partial charge in [-0.2, -0.15) is 0 Å². The van der Waals surface area contributed by atoms with E-state index in [2.05, 4.69) is 33.7 Å². The van der Waals surface area contributed by atoms with E-state index in [0.717, 1.165) is 70.0 Å². The largest absolute Gasteiger partial charge is 0.390 e. The Morgan fingerprint density at radius 3 is 2.71 bits per heavy atom. The summed E-state index contributed by atoms with van der Waals surface area (Å²) in [6.45, 7) is 9.17. The Balaban J connectivity index is 1.48. The molecule has 4 rings (SSSR count). The molecular formula is C21H33N5O2. The molecular weight excluding hydrogens is 354 g/mol. The van der Waals surface area contributed by atoms with Crippen molar-refractivity contribution >= 4 is 11.9 Å². The molecule has 3 heterocycles. The molecule has 1 N–H and O–H groups in total. The van der Waals surface area contributed by atoms with Gasteiger partial charge in [-0.05, 0) is 39.2 Å². The predicted molar refractivity (Wildman–Crippen MR) is 108 cm³/mol. The van der Waals surface area contributed by atoms with Crippen LogP contribution in [0.15, 0.2) is 6.20 Å². The Labute approximate surface area is 167 Å². The van der Waals surface area contributed by atoms with E-state index in [4.69, 9.17) is 0 Å². The lowest BCUT2D eigenvalue weighted by Crippen LogP contribution is -2.45. The van der Waals surface area contributed by atoms with E-state index in [-0.39, 0.29) is 11.8 Å². The number of nitrogens with zero attached hydrogens (tertiary/aromatic N) is 5. The second-order valence-corrected chi connectivity index (χ2v) is 8.89. The maximum absolute atomic E-state index is 13.2. The summed E-state index contributed by atoms with van der Waals surface area (Å²) in [6.07, 6.45) is 5.48. The van der Waals surface area contributed by atoms with Gasteiger partial charge >= 0.3 is 0 Å². The van der Waals surface area contributed by atoms with Crippen LogP contribution in [0.4, 0.5) is 5.95 Å². The molecule has 7 heteroatoms. The van der Waals surface area contributed by atoms with Crippen molar-refractivity contribution in [3.05, 3.63) is 17.5 Å². The van der Waals surface area contributed by atoms with Crippen LogP contribution in [-0.2, 0) is 0 Å². The Morgan fingerprint density at radius 1 is 1.29 bits per heavy atom. The highest BCUT2D eigenvalue weighted by molar-refractivity contribution is 5.95. The Kier molecular flexibility index (Phi) is 5.31. The molecule has 7 nitrogen and oxygen atoms in total. The van der Waals surface area contributed by atoms with Crippen molar-refractivity contribution in [3.8, 4) is 0 Å². The maximum atomic E-state index is 13.2. The lowest BCUT2D eigenvalue weighted by atomic mass is 9.69. The van der Waals surface area contributed by atoms with Crippen LogP contribution in [0.3, 0.4) is 0 Å². The van der Waals surface area contributed by atoms with Crippen molar-refractivity contribution in [3.63, 3.8) is 0 Å². The first kappa shape index (κ1) is 19.6. The fraction of sp³-hybridized carbons (Fsp3) is 0.762. The molecule has 0 unspecified atom stereocenters. The average molecular weight is 388 g/mol. The van der Waals surface area contributed by atoms with Gasteiger partial charge in [0, 0.05) is 51.4 Å². The van der Waals surface area contributed by atoms with E-state index in [0.29, 0.717) is 18.0 Å². The third-order valence-corrected chi connectivity index (χ3v) is 7.20. The Hall–Kier alpha value is -1.73. The summed E-state index contributed by atoms with van der Waals surface area (Å²) in [4.78, 5) is 28.8. The number of fused-ring (bicyclic) bond motifs is 1. The molecule has 0 spiro atoms. The highest BCUT2D eigenvalue weighted by Crippen LogP contribution is 2.44. The number of rotatable bonds is 3. The first-order valence-electron chi connectivity index (χ1n) is 10.7. The van der Waals surface area contributed by atoms with E-state index in [1.165, 1.54) is 0 Å². The summed E-state index contributed by atoms with van der Waals surface area (Å²) in [5.74, 6) is 1.34. The van der Waals surface area contributed by atoms with Crippen LogP contribution in [0.5, 0.6) is 0 Å². The van der Waals surface area contributed by atoms with Crippen LogP contribution < -0.4 is 4.90 Å². The lowest BCUT2D eigenvalue weighted by molar-refractivity contribution is -0.0609. The molecule has 1 amide bonds. The van der Waals surface area contributed by atoms with Crippen LogP contribution >= 0.6 is 0 Å². The number of carbonyl (C=O) groups is 1. The molecule has 1 aromatic heterocycles. The van der Waals surface area contributed by atoms with Gasteiger partial charge in [0.1, 0.15) is 0 Å². The van der Waals surface area contributed by atoms with Crippen LogP contribution in [0.2, 0.25) is 0 Å². The summed E-state index contributed by atoms with van der Waals surface area (Å²) >= 11 is 0. The van der Waals surface area contributed by atoms with Gasteiger partial charge in [-0.3, -0.25) is 4.79 Å². The minimum Gasteiger partial charge on any atom is -0.390 e. The van der Waals surface area contributed by atoms with Gasteiger partial charge in [-0.1, -0.05) is 13.3 Å². The summed E-state index contributed by atoms with van der Waals surface area (Å²) in [7, 11) is 2.12. The third-order valence-electron chi connectivity index (χ3n) is 7.20. The standard InChI is InChI=1S/C21H33N5O2/c1-4-21(28)7-5-6-16-13-26(14-18(16)21)19(27)17-12-22-20(23-15(17)2)25-10-8-24(3)9-11-25/h12,16,18,28H,4-11,13-14H2,1-3H3/t16-,18+,21-/m0/s1. The molecule has 1 aliphatic carbocycles. The molecule has 0 aromatic carbocycles. The fourth-order valence-electron chi connectivity index (χ4n) is 5.23. The molecule has 2 aliphatic heterocycles. The summed E-state index contributed by atoms with van der Waals surface area (Å²) < 4.78 is 0. The molecule has 154 valence electrons. The first-order chi connectivity index (χ1) is 13.4. The number of anilines is 1. The number of aryl methyl sites for hydroxylation is 1. The number of amides is 1. The maximum Gasteiger partial charge on any atom is 0.257 e. The van der Waals surface area contributed by atoms with Crippen molar-refractivity contribution in [2.24, 2.45) is 11.8 Å². The molecule has 2 saturated heterocycles. The summed E-state index contributed by atoms with van der Waals surface area (Å²) in [6, 6.07) is 0. The van der Waals surface area contributed by atoms with E-state index in [1.54, 1.807) is 6.20 Å². The van der Waals surface area contributed by atoms with Gasteiger partial charge in [0.2, 0.25) is 5.95 Å². The highest BCUT2D eigenvalue weighted by Gasteiger charge is 2.48. The van der Waals surface area contributed by atoms with Gasteiger partial charge in [0.15, 0.2) is 0 Å². The summed E-state index contributed by atoms with van der Waals surface area (Å²) in [5.41, 5.74) is 0.723. The van der Waals surface area contributed by atoms with E-state index in [9.17, 15) is 9.90 Å². The molecule has 1 saturated carbocycles. The van der Waals surface area contributed by atoms with Gasteiger partial charge in [-0.15, -0.1) is 0 Å². The second-order valence-electron chi connectivity index (χ2n) is 8.89. The van der Waals surface area contributed by atoms with Crippen LogP contribution in [0.1, 0.15) is 48.7 Å². The topological polar surface area (TPSA) is 72.8 Å². The number of aromatic nitrogens is 2. The van der Waals surface area contributed by atoms with Crippen molar-refractivity contribution < 1.29 is 9.90 Å². The fourth-order valence-corrected chi connectivity index (χ4v) is 5.23. The normalized spacial score (nSPS) is 31.1. The molecule has 28 heavy (non-hydrogen) atoms. The zero-order chi connectivity index (χ0) is 19.9. The number of carbonyl (C=O) groups excluding carboxylic acids is 1. The van der Waals surface area contributed by atoms with Crippen molar-refractivity contribution in [2.45, 2.75) is 45.1 Å². The van der Waals surface area contributed by atoms with E-state index in [1.807, 2.05) is 11.8 Å². The monoisotopic (exact) mass is 387 g/mol. The number of hydrogen-bond acceptors (Lipinski definition) is 6. The summed E-state index contributed by atoms with van der Waals surface area (Å²) in [5, 5.41) is 11.0. The van der Waals surface area contributed by atoms with Crippen LogP contribution in [-0.4, -0.2) is 82.7 Å². The number of aliphatic hydroxyl groups is 1. The van der Waals surface area contributed by atoms with Crippen molar-refractivity contribution in [1.82, 2.24) is 19.8 Å². The zero-order valence-corrected chi connectivity index (χ0v) is 17.4. The van der Waals surface area contributed by atoms with Gasteiger partial charge < -0.3 is 19.8 Å². The number of likely N-dealkylation sites (N-methyl/N-ethyl adjacent to an activating group) is 1. The van der Waals surface area contributed by atoms with Gasteiger partial charge in [0.25, 0.3) is 5.91 Å². The number of likely N-dealkylation sites (tertiary alicyclic amines) is 1. The van der Waals surface area contributed by atoms with Gasteiger partial charge in [0.05, 0.1) is 16.9 Å². The molecule has 0 bridgehead atoms. The van der Waals surface area contributed by atoms with Crippen molar-refractivity contribution in [2.75, 3.05) is 51.2 Å². The zero-order valence-electron chi connectivity index (χ0n) is 17.4. The van der Waals surface area contributed by atoms with Crippen LogP contribution in [0.25, 0.3) is 0 Å². The molecule has 3 fully saturated rings. The molecule has 3 atom stereocenters. The van der Waals surface area contributed by atoms with Gasteiger partial charge in [-0.25, -0.2) is 9.97 Å². The Bertz CT molecular complexity index is 734. The Morgan fingerprint density at radius 2 is 2.04 bits per heavy atom. The van der Waals surface area contributed by atoms with Crippen molar-refractivity contribution in [1.29, 1.82) is 0 Å². The SMILES string of the molecule is CC[C@]1(O)CCC[C@H]2CN(C(=O)c3cnc(N4CCN(C)CC4)nc3C)C[C@H]21. The minimum atomic E-state index is -0.616. The van der Waals surface area contributed by atoms with E-state index < -0.39 is 5.60 Å². The quantitative estimate of drug-likeness (QED) is 0.848. The predicted octanol–water partition coefficient (Wildman–Crippen LogP) is 1.55. The second kappa shape index (κ2) is 7.59. The van der Waals surface area contributed by atoms with E-state index >= 15 is 0 Å². The first-order valence-corrected chi connectivity index (χ1v) is 10.7. The van der Waals surface area contributed by atoms with Crippen LogP contribution in [0, 0.1) is 18.8 Å². The highest BCUT2D eigenvalue weighted by atomic mass is 16.3.